The van der Waals surface area contributed by atoms with E-state index in [1.165, 1.54) is 4.90 Å². The van der Waals surface area contributed by atoms with E-state index < -0.39 is 6.09 Å². The Bertz CT molecular complexity index is 690. The van der Waals surface area contributed by atoms with Crippen LogP contribution < -0.4 is 5.73 Å². The summed E-state index contributed by atoms with van der Waals surface area (Å²) in [5.41, 5.74) is 7.92. The number of aromatic nitrogens is 1. The van der Waals surface area contributed by atoms with Crippen molar-refractivity contribution in [2.75, 3.05) is 19.3 Å². The summed E-state index contributed by atoms with van der Waals surface area (Å²) in [5, 5.41) is 0. The van der Waals surface area contributed by atoms with Crippen LogP contribution in [0.4, 0.5) is 10.5 Å². The van der Waals surface area contributed by atoms with Crippen LogP contribution in [0.5, 0.6) is 0 Å². The van der Waals surface area contributed by atoms with E-state index in [1.54, 1.807) is 25.5 Å². The molecule has 0 radical (unpaired) electrons. The first-order chi connectivity index (χ1) is 10.7. The van der Waals surface area contributed by atoms with E-state index in [0.717, 1.165) is 5.56 Å². The summed E-state index contributed by atoms with van der Waals surface area (Å²) in [5.74, 6) is 5.76. The zero-order valence-corrected chi connectivity index (χ0v) is 12.3. The van der Waals surface area contributed by atoms with Gasteiger partial charge in [-0.1, -0.05) is 42.2 Å². The number of nitrogen functional groups attached to an aromatic ring is 1. The number of carbonyl (C=O) groups excluding carboxylic acids is 1. The van der Waals surface area contributed by atoms with E-state index in [2.05, 4.69) is 16.8 Å². The number of amides is 1. The van der Waals surface area contributed by atoms with Gasteiger partial charge in [0.2, 0.25) is 0 Å². The average molecular weight is 295 g/mol. The third-order valence-corrected chi connectivity index (χ3v) is 2.91. The fourth-order valence-corrected chi connectivity index (χ4v) is 1.66. The smallest absolute Gasteiger partial charge is 0.410 e. The summed E-state index contributed by atoms with van der Waals surface area (Å²) >= 11 is 0. The lowest BCUT2D eigenvalue weighted by atomic mass is 10.2. The molecular formula is C17H17N3O2. The van der Waals surface area contributed by atoms with Gasteiger partial charge in [0.15, 0.2) is 0 Å². The van der Waals surface area contributed by atoms with E-state index in [0.29, 0.717) is 11.3 Å². The second-order valence-electron chi connectivity index (χ2n) is 4.66. The van der Waals surface area contributed by atoms with Gasteiger partial charge in [0, 0.05) is 19.4 Å². The van der Waals surface area contributed by atoms with E-state index >= 15 is 0 Å². The Morgan fingerprint density at radius 3 is 2.82 bits per heavy atom. The highest BCUT2D eigenvalue weighted by molar-refractivity contribution is 5.67. The number of carbonyl (C=O) groups is 1. The van der Waals surface area contributed by atoms with Gasteiger partial charge < -0.3 is 15.4 Å². The maximum Gasteiger partial charge on any atom is 0.410 e. The van der Waals surface area contributed by atoms with Crippen molar-refractivity contribution in [1.29, 1.82) is 0 Å². The van der Waals surface area contributed by atoms with Crippen LogP contribution in [0.2, 0.25) is 0 Å². The number of pyridine rings is 1. The lowest BCUT2D eigenvalue weighted by Gasteiger charge is -2.13. The Morgan fingerprint density at radius 1 is 1.32 bits per heavy atom. The zero-order chi connectivity index (χ0) is 15.8. The molecule has 0 aliphatic rings. The number of hydrogen-bond acceptors (Lipinski definition) is 4. The van der Waals surface area contributed by atoms with Crippen molar-refractivity contribution in [2.24, 2.45) is 0 Å². The first kappa shape index (κ1) is 15.4. The lowest BCUT2D eigenvalue weighted by molar-refractivity contribution is 0.109. The van der Waals surface area contributed by atoms with Gasteiger partial charge in [-0.2, -0.15) is 0 Å². The number of anilines is 1. The third kappa shape index (κ3) is 4.53. The second-order valence-corrected chi connectivity index (χ2v) is 4.66. The highest BCUT2D eigenvalue weighted by atomic mass is 16.6. The van der Waals surface area contributed by atoms with Gasteiger partial charge in [-0.25, -0.2) is 4.79 Å². The van der Waals surface area contributed by atoms with Gasteiger partial charge in [0.1, 0.15) is 6.61 Å². The topological polar surface area (TPSA) is 68.5 Å². The SMILES string of the molecule is CN(CC#Cc1cnccc1N)C(=O)OCc1ccccc1. The maximum absolute atomic E-state index is 11.8. The molecule has 0 atom stereocenters. The lowest BCUT2D eigenvalue weighted by Crippen LogP contribution is -2.27. The minimum atomic E-state index is -0.419. The van der Waals surface area contributed by atoms with E-state index in [4.69, 9.17) is 10.5 Å². The minimum Gasteiger partial charge on any atom is -0.445 e. The van der Waals surface area contributed by atoms with Crippen LogP contribution in [0, 0.1) is 11.8 Å². The van der Waals surface area contributed by atoms with Crippen molar-refractivity contribution in [3.05, 3.63) is 59.9 Å². The summed E-state index contributed by atoms with van der Waals surface area (Å²) in [6.45, 7) is 0.495. The van der Waals surface area contributed by atoms with Crippen molar-refractivity contribution < 1.29 is 9.53 Å². The van der Waals surface area contributed by atoms with Crippen molar-refractivity contribution in [2.45, 2.75) is 6.61 Å². The average Bonchev–Trinajstić information content (AvgIpc) is 2.55. The van der Waals surface area contributed by atoms with Crippen LogP contribution in [-0.4, -0.2) is 29.6 Å². The van der Waals surface area contributed by atoms with Gasteiger partial charge >= 0.3 is 6.09 Å². The van der Waals surface area contributed by atoms with Crippen LogP contribution in [-0.2, 0) is 11.3 Å². The Hall–Kier alpha value is -3.00. The fraction of sp³-hybridized carbons (Fsp3) is 0.176. The molecule has 0 aliphatic heterocycles. The predicted molar refractivity (Wildman–Crippen MR) is 84.8 cm³/mol. The second kappa shape index (κ2) is 7.70. The van der Waals surface area contributed by atoms with Gasteiger partial charge in [-0.3, -0.25) is 4.98 Å². The van der Waals surface area contributed by atoms with Crippen LogP contribution in [0.25, 0.3) is 0 Å². The quantitative estimate of drug-likeness (QED) is 0.882. The number of hydrogen-bond donors (Lipinski definition) is 1. The Balaban J connectivity index is 1.83. The number of nitrogens with zero attached hydrogens (tertiary/aromatic N) is 2. The molecule has 0 aliphatic carbocycles. The minimum absolute atomic E-state index is 0.243. The van der Waals surface area contributed by atoms with Gasteiger partial charge in [-0.05, 0) is 11.6 Å². The van der Waals surface area contributed by atoms with Crippen LogP contribution in [0.15, 0.2) is 48.8 Å². The van der Waals surface area contributed by atoms with Crippen LogP contribution in [0.3, 0.4) is 0 Å². The number of nitrogens with two attached hydrogens (primary N) is 1. The Labute approximate surface area is 129 Å². The monoisotopic (exact) mass is 295 g/mol. The molecule has 0 bridgehead atoms. The Kier molecular flexibility index (Phi) is 5.38. The first-order valence-corrected chi connectivity index (χ1v) is 6.77. The van der Waals surface area contributed by atoms with Crippen molar-refractivity contribution in [3.63, 3.8) is 0 Å². The van der Waals surface area contributed by atoms with Crippen molar-refractivity contribution >= 4 is 11.8 Å². The molecule has 112 valence electrons. The summed E-state index contributed by atoms with van der Waals surface area (Å²) in [6, 6.07) is 11.2. The molecule has 5 nitrogen and oxygen atoms in total. The van der Waals surface area contributed by atoms with Crippen LogP contribution in [0.1, 0.15) is 11.1 Å². The molecule has 0 unspecified atom stereocenters. The molecule has 1 aromatic heterocycles. The molecule has 2 rings (SSSR count). The summed E-state index contributed by atoms with van der Waals surface area (Å²) in [4.78, 5) is 17.2. The largest absolute Gasteiger partial charge is 0.445 e. The molecule has 2 aromatic rings. The molecule has 2 N–H and O–H groups in total. The predicted octanol–water partition coefficient (Wildman–Crippen LogP) is 2.28. The normalized spacial score (nSPS) is 9.50. The molecule has 0 spiro atoms. The molecule has 1 aromatic carbocycles. The molecule has 0 saturated heterocycles. The Morgan fingerprint density at radius 2 is 2.09 bits per heavy atom. The third-order valence-electron chi connectivity index (χ3n) is 2.91. The van der Waals surface area contributed by atoms with Crippen LogP contribution >= 0.6 is 0 Å². The summed E-state index contributed by atoms with van der Waals surface area (Å²) in [7, 11) is 1.63. The first-order valence-electron chi connectivity index (χ1n) is 6.77. The molecule has 5 heteroatoms. The molecule has 0 fully saturated rings. The molecular weight excluding hydrogens is 278 g/mol. The van der Waals surface area contributed by atoms with E-state index in [-0.39, 0.29) is 13.2 Å². The van der Waals surface area contributed by atoms with Crippen molar-refractivity contribution in [1.82, 2.24) is 9.88 Å². The molecule has 22 heavy (non-hydrogen) atoms. The fourth-order valence-electron chi connectivity index (χ4n) is 1.66. The van der Waals surface area contributed by atoms with E-state index in [9.17, 15) is 4.79 Å². The van der Waals surface area contributed by atoms with Crippen molar-refractivity contribution in [3.8, 4) is 11.8 Å². The highest BCUT2D eigenvalue weighted by Crippen LogP contribution is 2.06. The highest BCUT2D eigenvalue weighted by Gasteiger charge is 2.08. The van der Waals surface area contributed by atoms with Gasteiger partial charge in [-0.15, -0.1) is 0 Å². The molecule has 1 amide bonds. The number of ether oxygens (including phenoxy) is 1. The number of benzene rings is 1. The maximum atomic E-state index is 11.8. The van der Waals surface area contributed by atoms with E-state index in [1.807, 2.05) is 30.3 Å². The standard InChI is InChI=1S/C17H17N3O2/c1-20(11-5-8-15-12-19-10-9-16(15)18)17(21)22-13-14-6-3-2-4-7-14/h2-4,6-7,9-10,12H,11,13H2,1H3,(H2,18,19). The zero-order valence-electron chi connectivity index (χ0n) is 12.3. The van der Waals surface area contributed by atoms with Gasteiger partial charge in [0.25, 0.3) is 0 Å². The summed E-state index contributed by atoms with van der Waals surface area (Å²) < 4.78 is 5.20. The number of rotatable bonds is 3. The summed E-state index contributed by atoms with van der Waals surface area (Å²) in [6.07, 6.45) is 2.78. The molecule has 1 heterocycles. The van der Waals surface area contributed by atoms with Gasteiger partial charge in [0.05, 0.1) is 17.8 Å². The molecule has 0 saturated carbocycles.